The minimum Gasteiger partial charge on any atom is -0.497 e. The molecule has 0 unspecified atom stereocenters. The van der Waals surface area contributed by atoms with Crippen molar-refractivity contribution < 1.29 is 14.6 Å². The number of aliphatic carboxylic acids is 1. The molecule has 1 N–H and O–H groups in total. The zero-order chi connectivity index (χ0) is 13.8. The van der Waals surface area contributed by atoms with Crippen molar-refractivity contribution in [2.24, 2.45) is 0 Å². The Morgan fingerprint density at radius 2 is 2.21 bits per heavy atom. The number of carboxylic acids is 1. The van der Waals surface area contributed by atoms with Crippen LogP contribution in [0.1, 0.15) is 18.4 Å². The van der Waals surface area contributed by atoms with Crippen LogP contribution in [0.4, 0.5) is 0 Å². The van der Waals surface area contributed by atoms with Crippen LogP contribution in [-0.2, 0) is 11.2 Å². The maximum absolute atomic E-state index is 10.5. The molecule has 1 aromatic carbocycles. The summed E-state index contributed by atoms with van der Waals surface area (Å²) >= 11 is 6.11. The topological polar surface area (TPSA) is 59.4 Å². The van der Waals surface area contributed by atoms with Crippen LogP contribution < -0.4 is 4.74 Å². The van der Waals surface area contributed by atoms with Gasteiger partial charge in [-0.15, -0.1) is 0 Å². The number of aryl methyl sites for hydroxylation is 1. The van der Waals surface area contributed by atoms with Gasteiger partial charge in [0, 0.05) is 17.9 Å². The minimum atomic E-state index is -0.797. The molecule has 0 atom stereocenters. The van der Waals surface area contributed by atoms with Crippen molar-refractivity contribution in [3.63, 3.8) is 0 Å². The summed E-state index contributed by atoms with van der Waals surface area (Å²) < 4.78 is 5.14. The van der Waals surface area contributed by atoms with E-state index in [0.717, 1.165) is 22.2 Å². The van der Waals surface area contributed by atoms with E-state index in [9.17, 15) is 4.79 Å². The maximum atomic E-state index is 10.5. The number of hydrogen-bond acceptors (Lipinski definition) is 3. The van der Waals surface area contributed by atoms with Crippen molar-refractivity contribution >= 4 is 28.5 Å². The molecule has 5 heteroatoms. The number of rotatable bonds is 5. The highest BCUT2D eigenvalue weighted by Gasteiger charge is 2.07. The Kier molecular flexibility index (Phi) is 4.22. The van der Waals surface area contributed by atoms with E-state index in [-0.39, 0.29) is 6.42 Å². The van der Waals surface area contributed by atoms with E-state index in [1.54, 1.807) is 7.11 Å². The van der Waals surface area contributed by atoms with Gasteiger partial charge in [0.15, 0.2) is 0 Å². The molecule has 100 valence electrons. The van der Waals surface area contributed by atoms with Gasteiger partial charge in [0.2, 0.25) is 0 Å². The number of carbonyl (C=O) groups is 1. The average molecular weight is 280 g/mol. The van der Waals surface area contributed by atoms with Crippen LogP contribution in [0.25, 0.3) is 10.9 Å². The first-order valence-corrected chi connectivity index (χ1v) is 6.33. The van der Waals surface area contributed by atoms with E-state index in [2.05, 4.69) is 4.98 Å². The van der Waals surface area contributed by atoms with Crippen molar-refractivity contribution in [2.75, 3.05) is 7.11 Å². The number of carboxylic acid groups (broad SMARTS) is 1. The van der Waals surface area contributed by atoms with E-state index in [0.29, 0.717) is 18.0 Å². The van der Waals surface area contributed by atoms with Crippen LogP contribution >= 0.6 is 11.6 Å². The lowest BCUT2D eigenvalue weighted by Gasteiger charge is -2.07. The smallest absolute Gasteiger partial charge is 0.303 e. The molecule has 0 amide bonds. The molecule has 4 nitrogen and oxygen atoms in total. The largest absolute Gasteiger partial charge is 0.497 e. The summed E-state index contributed by atoms with van der Waals surface area (Å²) in [4.78, 5) is 14.8. The van der Waals surface area contributed by atoms with Crippen LogP contribution in [0.5, 0.6) is 5.75 Å². The molecule has 0 bridgehead atoms. The standard InChI is InChI=1S/C14H14ClNO3/c1-19-11-6-5-9-7-10(3-2-4-13(17)18)14(15)16-12(9)8-11/h5-8H,2-4H2,1H3,(H,17,18). The van der Waals surface area contributed by atoms with Gasteiger partial charge < -0.3 is 9.84 Å². The summed E-state index contributed by atoms with van der Waals surface area (Å²) in [5.74, 6) is -0.0655. The van der Waals surface area contributed by atoms with Gasteiger partial charge >= 0.3 is 5.97 Å². The predicted molar refractivity (Wildman–Crippen MR) is 73.9 cm³/mol. The zero-order valence-corrected chi connectivity index (χ0v) is 11.3. The molecule has 2 rings (SSSR count). The number of hydrogen-bond donors (Lipinski definition) is 1. The summed E-state index contributed by atoms with van der Waals surface area (Å²) in [5, 5.41) is 10.0. The molecule has 0 spiro atoms. The van der Waals surface area contributed by atoms with E-state index in [1.807, 2.05) is 24.3 Å². The van der Waals surface area contributed by atoms with Gasteiger partial charge in [0.05, 0.1) is 12.6 Å². The molecular weight excluding hydrogens is 266 g/mol. The Morgan fingerprint density at radius 3 is 2.89 bits per heavy atom. The number of ether oxygens (including phenoxy) is 1. The first kappa shape index (κ1) is 13.6. The van der Waals surface area contributed by atoms with Gasteiger partial charge in [-0.3, -0.25) is 4.79 Å². The highest BCUT2D eigenvalue weighted by atomic mass is 35.5. The Bertz CT molecular complexity index is 613. The molecule has 0 aliphatic carbocycles. The van der Waals surface area contributed by atoms with E-state index >= 15 is 0 Å². The fraction of sp³-hybridized carbons (Fsp3) is 0.286. The van der Waals surface area contributed by atoms with Crippen molar-refractivity contribution in [1.82, 2.24) is 4.98 Å². The molecule has 0 saturated carbocycles. The normalized spacial score (nSPS) is 10.6. The molecule has 1 heterocycles. The Morgan fingerprint density at radius 1 is 1.42 bits per heavy atom. The summed E-state index contributed by atoms with van der Waals surface area (Å²) in [5.41, 5.74) is 1.65. The third kappa shape index (κ3) is 3.35. The molecule has 0 aliphatic rings. The monoisotopic (exact) mass is 279 g/mol. The van der Waals surface area contributed by atoms with Gasteiger partial charge in [-0.25, -0.2) is 4.98 Å². The summed E-state index contributed by atoms with van der Waals surface area (Å²) in [6.07, 6.45) is 1.30. The van der Waals surface area contributed by atoms with E-state index in [4.69, 9.17) is 21.4 Å². The third-order valence-corrected chi connectivity index (χ3v) is 3.21. The molecule has 2 aromatic rings. The molecule has 0 saturated heterocycles. The zero-order valence-electron chi connectivity index (χ0n) is 10.5. The Balaban J connectivity index is 2.26. The predicted octanol–water partition coefficient (Wildman–Crippen LogP) is 3.30. The van der Waals surface area contributed by atoms with Gasteiger partial charge in [0.25, 0.3) is 0 Å². The fourth-order valence-electron chi connectivity index (χ4n) is 1.90. The van der Waals surface area contributed by atoms with Crippen LogP contribution in [0.15, 0.2) is 24.3 Å². The lowest BCUT2D eigenvalue weighted by atomic mass is 10.1. The maximum Gasteiger partial charge on any atom is 0.303 e. The highest BCUT2D eigenvalue weighted by Crippen LogP contribution is 2.25. The average Bonchev–Trinajstić information content (AvgIpc) is 2.38. The first-order valence-electron chi connectivity index (χ1n) is 5.95. The number of aromatic nitrogens is 1. The molecule has 0 fully saturated rings. The van der Waals surface area contributed by atoms with Gasteiger partial charge in [-0.2, -0.15) is 0 Å². The van der Waals surface area contributed by atoms with E-state index < -0.39 is 5.97 Å². The van der Waals surface area contributed by atoms with Crippen molar-refractivity contribution in [3.8, 4) is 5.75 Å². The lowest BCUT2D eigenvalue weighted by Crippen LogP contribution is -1.97. The van der Waals surface area contributed by atoms with Gasteiger partial charge in [-0.05, 0) is 36.6 Å². The minimum absolute atomic E-state index is 0.136. The summed E-state index contributed by atoms with van der Waals surface area (Å²) in [6, 6.07) is 7.55. The Labute approximate surface area is 116 Å². The SMILES string of the molecule is COc1ccc2cc(CCCC(=O)O)c(Cl)nc2c1. The number of fused-ring (bicyclic) bond motifs is 1. The summed E-state index contributed by atoms with van der Waals surface area (Å²) in [6.45, 7) is 0. The second-order valence-corrected chi connectivity index (χ2v) is 4.60. The molecule has 0 aliphatic heterocycles. The number of halogens is 1. The van der Waals surface area contributed by atoms with E-state index in [1.165, 1.54) is 0 Å². The van der Waals surface area contributed by atoms with Crippen LogP contribution in [-0.4, -0.2) is 23.2 Å². The molecule has 0 radical (unpaired) electrons. The van der Waals surface area contributed by atoms with Crippen LogP contribution in [0, 0.1) is 0 Å². The molecule has 1 aromatic heterocycles. The number of methoxy groups -OCH3 is 1. The van der Waals surface area contributed by atoms with Gasteiger partial charge in [-0.1, -0.05) is 11.6 Å². The molecule has 19 heavy (non-hydrogen) atoms. The Hall–Kier alpha value is -1.81. The van der Waals surface area contributed by atoms with Crippen molar-refractivity contribution in [1.29, 1.82) is 0 Å². The highest BCUT2D eigenvalue weighted by molar-refractivity contribution is 6.30. The summed E-state index contributed by atoms with van der Waals surface area (Å²) in [7, 11) is 1.60. The second-order valence-electron chi connectivity index (χ2n) is 4.24. The van der Waals surface area contributed by atoms with Crippen LogP contribution in [0.3, 0.4) is 0 Å². The fourth-order valence-corrected chi connectivity index (χ4v) is 2.14. The number of benzene rings is 1. The second kappa shape index (κ2) is 5.89. The van der Waals surface area contributed by atoms with Crippen LogP contribution in [0.2, 0.25) is 5.15 Å². The van der Waals surface area contributed by atoms with Crippen molar-refractivity contribution in [2.45, 2.75) is 19.3 Å². The van der Waals surface area contributed by atoms with Gasteiger partial charge in [0.1, 0.15) is 10.9 Å². The number of pyridine rings is 1. The third-order valence-electron chi connectivity index (χ3n) is 2.89. The quantitative estimate of drug-likeness (QED) is 0.853. The lowest BCUT2D eigenvalue weighted by molar-refractivity contribution is -0.137. The first-order chi connectivity index (χ1) is 9.10. The molecular formula is C14H14ClNO3. The van der Waals surface area contributed by atoms with Crippen molar-refractivity contribution in [3.05, 3.63) is 35.0 Å². The number of nitrogens with zero attached hydrogens (tertiary/aromatic N) is 1.